The van der Waals surface area contributed by atoms with E-state index in [2.05, 4.69) is 34.1 Å². The predicted octanol–water partition coefficient (Wildman–Crippen LogP) is 5.16. The number of nitrogens with zero attached hydrogens (tertiary/aromatic N) is 4. The smallest absolute Gasteiger partial charge is 0.254 e. The third-order valence-electron chi connectivity index (χ3n) is 7.05. The van der Waals surface area contributed by atoms with Gasteiger partial charge < -0.3 is 9.80 Å². The molecule has 2 unspecified atom stereocenters. The fraction of sp³-hybridized carbons (Fsp3) is 0.207. The molecular weight excluding hydrogens is 420 g/mol. The molecule has 2 saturated heterocycles. The van der Waals surface area contributed by atoms with Crippen LogP contribution in [-0.2, 0) is 0 Å². The van der Waals surface area contributed by atoms with E-state index in [-0.39, 0.29) is 11.9 Å². The van der Waals surface area contributed by atoms with Gasteiger partial charge >= 0.3 is 0 Å². The Balaban J connectivity index is 1.23. The van der Waals surface area contributed by atoms with Crippen molar-refractivity contribution in [1.82, 2.24) is 14.9 Å². The SMILES string of the molecule is O=C(c1ccccc1-c1ccccc1)N1CCC2CN(c3nccc(-c4ccccc4)n3)C2C1. The van der Waals surface area contributed by atoms with E-state index >= 15 is 0 Å². The van der Waals surface area contributed by atoms with Crippen LogP contribution < -0.4 is 4.90 Å². The van der Waals surface area contributed by atoms with Gasteiger partial charge in [0.25, 0.3) is 5.91 Å². The number of rotatable bonds is 4. The first-order valence-corrected chi connectivity index (χ1v) is 11.9. The Hall–Kier alpha value is -3.99. The van der Waals surface area contributed by atoms with Crippen molar-refractivity contribution in [1.29, 1.82) is 0 Å². The van der Waals surface area contributed by atoms with E-state index in [1.807, 2.05) is 77.8 Å². The van der Waals surface area contributed by atoms with Gasteiger partial charge in [0, 0.05) is 42.9 Å². The minimum absolute atomic E-state index is 0.101. The van der Waals surface area contributed by atoms with Gasteiger partial charge in [-0.2, -0.15) is 0 Å². The number of amides is 1. The molecule has 0 aliphatic carbocycles. The number of benzene rings is 3. The summed E-state index contributed by atoms with van der Waals surface area (Å²) in [5.74, 6) is 1.43. The van der Waals surface area contributed by atoms with Gasteiger partial charge in [0.1, 0.15) is 0 Å². The van der Waals surface area contributed by atoms with E-state index in [4.69, 9.17) is 4.98 Å². The number of carbonyl (C=O) groups excluding carboxylic acids is 1. The summed E-state index contributed by atoms with van der Waals surface area (Å²) in [5, 5.41) is 0. The van der Waals surface area contributed by atoms with E-state index in [0.717, 1.165) is 53.4 Å². The van der Waals surface area contributed by atoms with Crippen molar-refractivity contribution in [3.05, 3.63) is 103 Å². The summed E-state index contributed by atoms with van der Waals surface area (Å²) in [6.07, 6.45) is 2.85. The van der Waals surface area contributed by atoms with Gasteiger partial charge in [0.2, 0.25) is 5.95 Å². The van der Waals surface area contributed by atoms with Gasteiger partial charge in [0.15, 0.2) is 0 Å². The first-order chi connectivity index (χ1) is 16.8. The Labute approximate surface area is 199 Å². The first kappa shape index (κ1) is 20.6. The summed E-state index contributed by atoms with van der Waals surface area (Å²) in [7, 11) is 0. The third-order valence-corrected chi connectivity index (χ3v) is 7.05. The highest BCUT2D eigenvalue weighted by Gasteiger charge is 2.45. The Bertz CT molecular complexity index is 1310. The molecule has 5 nitrogen and oxygen atoms in total. The van der Waals surface area contributed by atoms with Crippen LogP contribution in [-0.4, -0.2) is 46.5 Å². The van der Waals surface area contributed by atoms with Gasteiger partial charge in [-0.05, 0) is 29.7 Å². The van der Waals surface area contributed by atoms with Gasteiger partial charge in [-0.15, -0.1) is 0 Å². The predicted molar refractivity (Wildman–Crippen MR) is 134 cm³/mol. The Morgan fingerprint density at radius 1 is 0.794 bits per heavy atom. The highest BCUT2D eigenvalue weighted by Crippen LogP contribution is 2.36. The maximum Gasteiger partial charge on any atom is 0.254 e. The number of aromatic nitrogens is 2. The van der Waals surface area contributed by atoms with Crippen molar-refractivity contribution in [2.45, 2.75) is 12.5 Å². The summed E-state index contributed by atoms with van der Waals surface area (Å²) < 4.78 is 0. The molecule has 5 heteroatoms. The molecule has 1 amide bonds. The number of carbonyl (C=O) groups is 1. The minimum atomic E-state index is 0.101. The van der Waals surface area contributed by atoms with Crippen LogP contribution in [0.3, 0.4) is 0 Å². The van der Waals surface area contributed by atoms with Gasteiger partial charge in [-0.25, -0.2) is 9.97 Å². The fourth-order valence-electron chi connectivity index (χ4n) is 5.18. The van der Waals surface area contributed by atoms with Crippen molar-refractivity contribution in [3.8, 4) is 22.4 Å². The summed E-state index contributed by atoms with van der Waals surface area (Å²) in [4.78, 5) is 27.3. The molecule has 2 atom stereocenters. The lowest BCUT2D eigenvalue weighted by Crippen LogP contribution is -2.65. The lowest BCUT2D eigenvalue weighted by Gasteiger charge is -2.53. The molecule has 168 valence electrons. The number of piperidine rings is 1. The average Bonchev–Trinajstić information content (AvgIpc) is 2.90. The molecule has 3 aromatic carbocycles. The summed E-state index contributed by atoms with van der Waals surface area (Å²) >= 11 is 0. The molecule has 0 saturated carbocycles. The second kappa shape index (κ2) is 8.75. The molecule has 0 spiro atoms. The van der Waals surface area contributed by atoms with Crippen molar-refractivity contribution < 1.29 is 4.79 Å². The van der Waals surface area contributed by atoms with E-state index in [0.29, 0.717) is 12.5 Å². The van der Waals surface area contributed by atoms with Crippen LogP contribution >= 0.6 is 0 Å². The number of fused-ring (bicyclic) bond motifs is 1. The summed E-state index contributed by atoms with van der Waals surface area (Å²) in [6, 6.07) is 30.5. The maximum absolute atomic E-state index is 13.6. The second-order valence-electron chi connectivity index (χ2n) is 9.04. The molecule has 6 rings (SSSR count). The van der Waals surface area contributed by atoms with E-state index in [1.165, 1.54) is 0 Å². The molecule has 3 heterocycles. The van der Waals surface area contributed by atoms with Crippen LogP contribution in [0.4, 0.5) is 5.95 Å². The molecule has 2 aliphatic heterocycles. The molecule has 2 aliphatic rings. The van der Waals surface area contributed by atoms with E-state index < -0.39 is 0 Å². The van der Waals surface area contributed by atoms with Crippen LogP contribution in [0.25, 0.3) is 22.4 Å². The van der Waals surface area contributed by atoms with Gasteiger partial charge in [-0.3, -0.25) is 4.79 Å². The van der Waals surface area contributed by atoms with Gasteiger partial charge in [-0.1, -0.05) is 78.9 Å². The zero-order chi connectivity index (χ0) is 22.9. The molecule has 1 aromatic heterocycles. The standard InChI is InChI=1S/C29H26N4O/c34-28(25-14-8-7-13-24(25)21-9-3-1-4-10-21)32-18-16-23-19-33(27(23)20-32)29-30-17-15-26(31-29)22-11-5-2-6-12-22/h1-15,17,23,27H,16,18-20H2. The quantitative estimate of drug-likeness (QED) is 0.434. The fourth-order valence-corrected chi connectivity index (χ4v) is 5.18. The van der Waals surface area contributed by atoms with Crippen LogP contribution in [0.2, 0.25) is 0 Å². The molecular formula is C29H26N4O. The molecule has 34 heavy (non-hydrogen) atoms. The van der Waals surface area contributed by atoms with E-state index in [9.17, 15) is 4.79 Å². The average molecular weight is 447 g/mol. The monoisotopic (exact) mass is 446 g/mol. The second-order valence-corrected chi connectivity index (χ2v) is 9.04. The van der Waals surface area contributed by atoms with Crippen LogP contribution in [0, 0.1) is 5.92 Å². The molecule has 0 radical (unpaired) electrons. The van der Waals surface area contributed by atoms with Crippen molar-refractivity contribution >= 4 is 11.9 Å². The van der Waals surface area contributed by atoms with Crippen LogP contribution in [0.15, 0.2) is 97.2 Å². The molecule has 4 aromatic rings. The summed E-state index contributed by atoms with van der Waals surface area (Å²) in [5.41, 5.74) is 4.83. The molecule has 0 bridgehead atoms. The van der Waals surface area contributed by atoms with E-state index in [1.54, 1.807) is 0 Å². The third kappa shape index (κ3) is 3.73. The maximum atomic E-state index is 13.6. The van der Waals surface area contributed by atoms with Gasteiger partial charge in [0.05, 0.1) is 11.7 Å². The largest absolute Gasteiger partial charge is 0.337 e. The van der Waals surface area contributed by atoms with Crippen molar-refractivity contribution in [2.75, 3.05) is 24.5 Å². The first-order valence-electron chi connectivity index (χ1n) is 11.9. The zero-order valence-corrected chi connectivity index (χ0v) is 18.9. The number of likely N-dealkylation sites (tertiary alicyclic amines) is 1. The van der Waals surface area contributed by atoms with Crippen molar-refractivity contribution in [3.63, 3.8) is 0 Å². The molecule has 0 N–H and O–H groups in total. The summed E-state index contributed by atoms with van der Waals surface area (Å²) in [6.45, 7) is 2.44. The topological polar surface area (TPSA) is 49.3 Å². The number of hydrogen-bond donors (Lipinski definition) is 0. The Morgan fingerprint density at radius 3 is 2.29 bits per heavy atom. The highest BCUT2D eigenvalue weighted by molar-refractivity contribution is 6.01. The zero-order valence-electron chi connectivity index (χ0n) is 18.9. The Morgan fingerprint density at radius 2 is 1.50 bits per heavy atom. The van der Waals surface area contributed by atoms with Crippen molar-refractivity contribution in [2.24, 2.45) is 5.92 Å². The number of hydrogen-bond acceptors (Lipinski definition) is 4. The van der Waals surface area contributed by atoms with Crippen LogP contribution in [0.5, 0.6) is 0 Å². The highest BCUT2D eigenvalue weighted by atomic mass is 16.2. The Kier molecular flexibility index (Phi) is 5.30. The lowest BCUT2D eigenvalue weighted by atomic mass is 9.82. The molecule has 2 fully saturated rings. The lowest BCUT2D eigenvalue weighted by molar-refractivity contribution is 0.0590. The normalized spacial score (nSPS) is 19.3. The van der Waals surface area contributed by atoms with Crippen LogP contribution in [0.1, 0.15) is 16.8 Å². The number of anilines is 1. The minimum Gasteiger partial charge on any atom is -0.337 e.